The van der Waals surface area contributed by atoms with Crippen LogP contribution in [0.15, 0.2) is 0 Å². The monoisotopic (exact) mass is 438 g/mol. The fourth-order valence-electron chi connectivity index (χ4n) is 1.90. The fourth-order valence-corrected chi connectivity index (χ4v) is 2.54. The molecule has 0 fully saturated rings. The normalized spacial score (nSPS) is 14.9. The predicted octanol–water partition coefficient (Wildman–Crippen LogP) is -1.97. The Morgan fingerprint density at radius 2 is 1.54 bits per heavy atom. The van der Waals surface area contributed by atoms with Crippen LogP contribution in [0.1, 0.15) is 19.8 Å². The maximum absolute atomic E-state index is 12.5. The van der Waals surface area contributed by atoms with Crippen LogP contribution in [0.4, 0.5) is 0 Å². The summed E-state index contributed by atoms with van der Waals surface area (Å²) in [6, 6.07) is -4.78. The molecule has 13 heteroatoms. The average molecular weight is 439 g/mol. The summed E-state index contributed by atoms with van der Waals surface area (Å²) in [4.78, 5) is 58.5. The van der Waals surface area contributed by atoms with Gasteiger partial charge in [0.25, 0.3) is 0 Å². The van der Waals surface area contributed by atoms with Gasteiger partial charge in [0.15, 0.2) is 0 Å². The Morgan fingerprint density at radius 1 is 1.00 bits per heavy atom. The number of carbonyl (C=O) groups is 5. The Hall–Kier alpha value is -1.99. The fraction of sp³-hybridized carbons (Fsp3) is 0.667. The molecule has 0 bridgehead atoms. The van der Waals surface area contributed by atoms with Crippen molar-refractivity contribution in [2.75, 3.05) is 17.8 Å². The number of aliphatic carboxylic acids is 2. The lowest BCUT2D eigenvalue weighted by atomic mass is 10.1. The molecule has 0 radical (unpaired) electrons. The van der Waals surface area contributed by atoms with E-state index < -0.39 is 60.2 Å². The summed E-state index contributed by atoms with van der Waals surface area (Å²) >= 11 is 5.33. The Balaban J connectivity index is 5.26. The number of carboxylic acid groups (broad SMARTS) is 2. The first-order valence-electron chi connectivity index (χ1n) is 8.24. The second-order valence-corrected chi connectivity index (χ2v) is 7.21. The van der Waals surface area contributed by atoms with Crippen LogP contribution in [-0.2, 0) is 24.0 Å². The number of thiol groups is 1. The second kappa shape index (κ2) is 13.2. The van der Waals surface area contributed by atoms with E-state index in [0.717, 1.165) is 0 Å². The van der Waals surface area contributed by atoms with Gasteiger partial charge in [-0.25, -0.2) is 0 Å². The highest BCUT2D eigenvalue weighted by molar-refractivity contribution is 7.98. The first-order chi connectivity index (χ1) is 13.0. The number of hydrogen-bond donors (Lipinski definition) is 7. The lowest BCUT2D eigenvalue weighted by Crippen LogP contribution is -2.57. The molecule has 7 N–H and O–H groups in total. The molecule has 3 amide bonds. The minimum atomic E-state index is -1.51. The van der Waals surface area contributed by atoms with Crippen molar-refractivity contribution >= 4 is 54.1 Å². The summed E-state index contributed by atoms with van der Waals surface area (Å²) in [6.07, 6.45) is 1.25. The van der Waals surface area contributed by atoms with Crippen molar-refractivity contribution in [2.45, 2.75) is 43.9 Å². The molecule has 4 unspecified atom stereocenters. The smallest absolute Gasteiger partial charge is 0.325 e. The molecular weight excluding hydrogens is 412 g/mol. The molecule has 0 aliphatic rings. The van der Waals surface area contributed by atoms with E-state index in [1.165, 1.54) is 18.7 Å². The van der Waals surface area contributed by atoms with Crippen LogP contribution in [0.25, 0.3) is 0 Å². The Labute approximate surface area is 172 Å². The molecule has 0 aliphatic carbocycles. The zero-order valence-electron chi connectivity index (χ0n) is 15.5. The van der Waals surface area contributed by atoms with E-state index in [2.05, 4.69) is 28.6 Å². The van der Waals surface area contributed by atoms with E-state index in [1.54, 1.807) is 6.26 Å². The van der Waals surface area contributed by atoms with Crippen molar-refractivity contribution in [2.24, 2.45) is 5.73 Å². The van der Waals surface area contributed by atoms with Crippen LogP contribution < -0.4 is 21.7 Å². The number of nitrogens with one attached hydrogen (secondary N) is 3. The van der Waals surface area contributed by atoms with Gasteiger partial charge in [0, 0.05) is 5.75 Å². The number of carboxylic acids is 2. The van der Waals surface area contributed by atoms with Crippen LogP contribution in [0, 0.1) is 0 Å². The predicted molar refractivity (Wildman–Crippen MR) is 106 cm³/mol. The zero-order valence-corrected chi connectivity index (χ0v) is 17.2. The van der Waals surface area contributed by atoms with Crippen molar-refractivity contribution in [1.82, 2.24) is 16.0 Å². The molecule has 0 heterocycles. The van der Waals surface area contributed by atoms with Crippen LogP contribution in [-0.4, -0.2) is 81.8 Å². The molecule has 0 spiro atoms. The highest BCUT2D eigenvalue weighted by Crippen LogP contribution is 2.04. The topological polar surface area (TPSA) is 188 Å². The summed E-state index contributed by atoms with van der Waals surface area (Å²) in [5, 5.41) is 24.6. The van der Waals surface area contributed by atoms with Gasteiger partial charge in [-0.15, -0.1) is 0 Å². The van der Waals surface area contributed by atoms with E-state index in [9.17, 15) is 24.0 Å². The quantitative estimate of drug-likeness (QED) is 0.160. The molecule has 0 aromatic heterocycles. The number of hydrogen-bond acceptors (Lipinski definition) is 8. The van der Waals surface area contributed by atoms with Gasteiger partial charge < -0.3 is 31.9 Å². The lowest BCUT2D eigenvalue weighted by Gasteiger charge is -2.23. The van der Waals surface area contributed by atoms with Crippen molar-refractivity contribution < 1.29 is 34.2 Å². The van der Waals surface area contributed by atoms with Crippen LogP contribution in [0.3, 0.4) is 0 Å². The van der Waals surface area contributed by atoms with Gasteiger partial charge in [0.05, 0.1) is 12.5 Å². The molecular formula is C15H26N4O7S2. The molecule has 11 nitrogen and oxygen atoms in total. The third-order valence-electron chi connectivity index (χ3n) is 3.52. The van der Waals surface area contributed by atoms with Crippen molar-refractivity contribution in [3.8, 4) is 0 Å². The molecule has 28 heavy (non-hydrogen) atoms. The molecule has 0 aromatic carbocycles. The third kappa shape index (κ3) is 9.80. The third-order valence-corrected chi connectivity index (χ3v) is 4.56. The standard InChI is InChI=1S/C15H26N4O7S2/c1-7(15(25)26)17-14(24)10(5-11(20)21)19-13(23)9(3-4-28-2)18-12(22)8(16)6-27/h7-10,27H,3-6,16H2,1-2H3,(H,17,24)(H,18,22)(H,19,23)(H,20,21)(H,25,26). The van der Waals surface area contributed by atoms with E-state index in [1.807, 2.05) is 0 Å². The summed E-state index contributed by atoms with van der Waals surface area (Å²) in [6.45, 7) is 1.19. The minimum absolute atomic E-state index is 0.0554. The number of thioether (sulfide) groups is 1. The van der Waals surface area contributed by atoms with Gasteiger partial charge in [0.1, 0.15) is 18.1 Å². The number of nitrogens with two attached hydrogens (primary N) is 1. The van der Waals surface area contributed by atoms with Crippen molar-refractivity contribution in [1.29, 1.82) is 0 Å². The second-order valence-electron chi connectivity index (χ2n) is 5.86. The molecule has 0 aliphatic heterocycles. The highest BCUT2D eigenvalue weighted by atomic mass is 32.2. The Morgan fingerprint density at radius 3 is 2.00 bits per heavy atom. The Bertz CT molecular complexity index is 591. The molecule has 0 aromatic rings. The van der Waals surface area contributed by atoms with Crippen LogP contribution in [0.5, 0.6) is 0 Å². The van der Waals surface area contributed by atoms with Crippen LogP contribution >= 0.6 is 24.4 Å². The maximum atomic E-state index is 12.5. The van der Waals surface area contributed by atoms with Crippen molar-refractivity contribution in [3.63, 3.8) is 0 Å². The summed E-state index contributed by atoms with van der Waals surface area (Å²) in [5.74, 6) is -4.49. The SMILES string of the molecule is CSCCC(NC(=O)C(N)CS)C(=O)NC(CC(=O)O)C(=O)NC(C)C(=O)O. The maximum Gasteiger partial charge on any atom is 0.325 e. The van der Waals surface area contributed by atoms with Crippen molar-refractivity contribution in [3.05, 3.63) is 0 Å². The summed E-state index contributed by atoms with van der Waals surface area (Å²) < 4.78 is 0. The minimum Gasteiger partial charge on any atom is -0.481 e. The summed E-state index contributed by atoms with van der Waals surface area (Å²) in [7, 11) is 0. The number of rotatable bonds is 13. The van der Waals surface area contributed by atoms with E-state index in [0.29, 0.717) is 5.75 Å². The first kappa shape index (κ1) is 26.0. The number of amides is 3. The lowest BCUT2D eigenvalue weighted by molar-refractivity contribution is -0.143. The van der Waals surface area contributed by atoms with Gasteiger partial charge in [0.2, 0.25) is 17.7 Å². The van der Waals surface area contributed by atoms with Gasteiger partial charge in [-0.1, -0.05) is 0 Å². The van der Waals surface area contributed by atoms with Gasteiger partial charge in [-0.3, -0.25) is 24.0 Å². The molecule has 0 saturated heterocycles. The van der Waals surface area contributed by atoms with Gasteiger partial charge >= 0.3 is 11.9 Å². The van der Waals surface area contributed by atoms with E-state index in [4.69, 9.17) is 15.9 Å². The highest BCUT2D eigenvalue weighted by Gasteiger charge is 2.30. The first-order valence-corrected chi connectivity index (χ1v) is 10.3. The largest absolute Gasteiger partial charge is 0.481 e. The summed E-state index contributed by atoms with van der Waals surface area (Å²) in [5.41, 5.74) is 5.57. The van der Waals surface area contributed by atoms with Gasteiger partial charge in [-0.2, -0.15) is 24.4 Å². The zero-order chi connectivity index (χ0) is 21.9. The average Bonchev–Trinajstić information content (AvgIpc) is 2.62. The molecule has 4 atom stereocenters. The molecule has 0 rings (SSSR count). The molecule has 160 valence electrons. The number of carbonyl (C=O) groups excluding carboxylic acids is 3. The van der Waals surface area contributed by atoms with Gasteiger partial charge in [-0.05, 0) is 25.4 Å². The van der Waals surface area contributed by atoms with Crippen LogP contribution in [0.2, 0.25) is 0 Å². The van der Waals surface area contributed by atoms with E-state index in [-0.39, 0.29) is 12.2 Å². The molecule has 0 saturated carbocycles. The Kier molecular flexibility index (Phi) is 12.3. The van der Waals surface area contributed by atoms with E-state index >= 15 is 0 Å².